The van der Waals surface area contributed by atoms with Crippen molar-refractivity contribution in [3.05, 3.63) is 0 Å². The van der Waals surface area contributed by atoms with Gasteiger partial charge in [-0.05, 0) is 55.8 Å². The zero-order valence-corrected chi connectivity index (χ0v) is 12.3. The minimum atomic E-state index is -0.381. The van der Waals surface area contributed by atoms with E-state index < -0.39 is 0 Å². The number of aliphatic hydroxyl groups is 1. The lowest BCUT2D eigenvalue weighted by Crippen LogP contribution is -2.57. The van der Waals surface area contributed by atoms with Gasteiger partial charge < -0.3 is 14.7 Å². The molecule has 0 aromatic heterocycles. The molecule has 1 aliphatic heterocycles. The third kappa shape index (κ3) is 2.00. The SMILES string of the molecule is COC1CN(C(=O)CC2C3CC4CC2CC(O)(C4)C3)C1. The normalized spacial score (nSPS) is 46.6. The van der Waals surface area contributed by atoms with Crippen LogP contribution in [0.5, 0.6) is 0 Å². The van der Waals surface area contributed by atoms with Crippen molar-refractivity contribution in [3.8, 4) is 0 Å². The third-order valence-corrected chi connectivity index (χ3v) is 6.38. The largest absolute Gasteiger partial charge is 0.390 e. The van der Waals surface area contributed by atoms with Crippen LogP contribution in [0.3, 0.4) is 0 Å². The molecule has 1 N–H and O–H groups in total. The molecule has 4 aliphatic carbocycles. The summed E-state index contributed by atoms with van der Waals surface area (Å²) in [7, 11) is 1.71. The predicted molar refractivity (Wildman–Crippen MR) is 74.0 cm³/mol. The Kier molecular flexibility index (Phi) is 2.90. The van der Waals surface area contributed by atoms with Crippen LogP contribution in [0.1, 0.15) is 38.5 Å². The summed E-state index contributed by atoms with van der Waals surface area (Å²) >= 11 is 0. The minimum absolute atomic E-state index is 0.248. The zero-order chi connectivity index (χ0) is 13.9. The first-order valence-electron chi connectivity index (χ1n) is 8.09. The van der Waals surface area contributed by atoms with Gasteiger partial charge >= 0.3 is 0 Å². The van der Waals surface area contributed by atoms with Gasteiger partial charge in [0.15, 0.2) is 0 Å². The van der Waals surface area contributed by atoms with Gasteiger partial charge in [-0.1, -0.05) is 0 Å². The second-order valence-electron chi connectivity index (χ2n) is 7.72. The van der Waals surface area contributed by atoms with Gasteiger partial charge in [0, 0.05) is 26.6 Å². The molecule has 1 saturated heterocycles. The van der Waals surface area contributed by atoms with E-state index in [-0.39, 0.29) is 11.7 Å². The Hall–Kier alpha value is -0.610. The average molecular weight is 279 g/mol. The van der Waals surface area contributed by atoms with Crippen LogP contribution in [0.15, 0.2) is 0 Å². The summed E-state index contributed by atoms with van der Waals surface area (Å²) in [5.74, 6) is 2.75. The van der Waals surface area contributed by atoms with Gasteiger partial charge in [-0.15, -0.1) is 0 Å². The number of carbonyl (C=O) groups excluding carboxylic acids is 1. The number of nitrogens with zero attached hydrogens (tertiary/aromatic N) is 1. The van der Waals surface area contributed by atoms with E-state index in [0.717, 1.165) is 38.3 Å². The summed E-state index contributed by atoms with van der Waals surface area (Å²) < 4.78 is 5.24. The topological polar surface area (TPSA) is 49.8 Å². The summed E-state index contributed by atoms with van der Waals surface area (Å²) in [4.78, 5) is 14.3. The quantitative estimate of drug-likeness (QED) is 0.850. The highest BCUT2D eigenvalue weighted by atomic mass is 16.5. The zero-order valence-electron chi connectivity index (χ0n) is 12.3. The fraction of sp³-hybridized carbons (Fsp3) is 0.938. The number of likely N-dealkylation sites (tertiary alicyclic amines) is 1. The van der Waals surface area contributed by atoms with Crippen molar-refractivity contribution in [1.82, 2.24) is 4.90 Å². The molecule has 0 radical (unpaired) electrons. The van der Waals surface area contributed by atoms with Crippen LogP contribution in [0.4, 0.5) is 0 Å². The first-order valence-corrected chi connectivity index (χ1v) is 8.09. The number of ether oxygens (including phenoxy) is 1. The van der Waals surface area contributed by atoms with E-state index in [2.05, 4.69) is 0 Å². The molecule has 20 heavy (non-hydrogen) atoms. The van der Waals surface area contributed by atoms with Crippen molar-refractivity contribution >= 4 is 5.91 Å². The van der Waals surface area contributed by atoms with Crippen molar-refractivity contribution in [1.29, 1.82) is 0 Å². The number of hydrogen-bond donors (Lipinski definition) is 1. The molecule has 1 amide bonds. The molecule has 2 unspecified atom stereocenters. The van der Waals surface area contributed by atoms with Crippen LogP contribution >= 0.6 is 0 Å². The van der Waals surface area contributed by atoms with Gasteiger partial charge in [0.05, 0.1) is 11.7 Å². The highest BCUT2D eigenvalue weighted by molar-refractivity contribution is 5.77. The summed E-state index contributed by atoms with van der Waals surface area (Å²) in [6.45, 7) is 1.54. The van der Waals surface area contributed by atoms with Gasteiger partial charge in [0.2, 0.25) is 5.91 Å². The summed E-state index contributed by atoms with van der Waals surface area (Å²) in [5, 5.41) is 10.6. The Morgan fingerprint density at radius 2 is 1.90 bits per heavy atom. The fourth-order valence-corrected chi connectivity index (χ4v) is 5.54. The Balaban J connectivity index is 1.39. The lowest BCUT2D eigenvalue weighted by Gasteiger charge is -2.58. The lowest BCUT2D eigenvalue weighted by molar-refractivity contribution is -0.165. The van der Waals surface area contributed by atoms with Crippen LogP contribution in [-0.2, 0) is 9.53 Å². The van der Waals surface area contributed by atoms with E-state index in [9.17, 15) is 9.90 Å². The Bertz CT molecular complexity index is 402. The van der Waals surface area contributed by atoms with Gasteiger partial charge in [-0.3, -0.25) is 4.79 Å². The van der Waals surface area contributed by atoms with E-state index >= 15 is 0 Å². The molecule has 4 heteroatoms. The van der Waals surface area contributed by atoms with E-state index in [4.69, 9.17) is 4.74 Å². The van der Waals surface area contributed by atoms with Crippen LogP contribution in [-0.4, -0.2) is 47.8 Å². The minimum Gasteiger partial charge on any atom is -0.390 e. The van der Waals surface area contributed by atoms with E-state index in [0.29, 0.717) is 30.1 Å². The number of methoxy groups -OCH3 is 1. The van der Waals surface area contributed by atoms with Crippen LogP contribution < -0.4 is 0 Å². The van der Waals surface area contributed by atoms with E-state index in [1.165, 1.54) is 12.8 Å². The monoisotopic (exact) mass is 279 g/mol. The number of carbonyl (C=O) groups is 1. The molecule has 0 spiro atoms. The highest BCUT2D eigenvalue weighted by Crippen LogP contribution is 2.59. The molecule has 5 fully saturated rings. The first kappa shape index (κ1) is 13.1. The molecule has 4 nitrogen and oxygen atoms in total. The maximum absolute atomic E-state index is 12.4. The van der Waals surface area contributed by atoms with Crippen molar-refractivity contribution in [2.75, 3.05) is 20.2 Å². The lowest BCUT2D eigenvalue weighted by atomic mass is 9.49. The third-order valence-electron chi connectivity index (χ3n) is 6.38. The summed E-state index contributed by atoms with van der Waals surface area (Å²) in [6, 6.07) is 0. The van der Waals surface area contributed by atoms with Gasteiger partial charge in [-0.2, -0.15) is 0 Å². The number of rotatable bonds is 3. The molecule has 5 aliphatic rings. The standard InChI is InChI=1S/C16H25NO3/c1-20-13-8-17(9-13)15(18)4-14-11-2-10-3-12(14)7-16(19,5-10)6-11/h10-14,19H,2-9H2,1H3. The van der Waals surface area contributed by atoms with Gasteiger partial charge in [0.1, 0.15) is 0 Å². The second-order valence-corrected chi connectivity index (χ2v) is 7.72. The Morgan fingerprint density at radius 1 is 1.25 bits per heavy atom. The van der Waals surface area contributed by atoms with Crippen molar-refractivity contribution in [2.24, 2.45) is 23.7 Å². The molecule has 112 valence electrons. The number of hydrogen-bond acceptors (Lipinski definition) is 3. The highest BCUT2D eigenvalue weighted by Gasteiger charge is 2.55. The molecule has 4 bridgehead atoms. The first-order chi connectivity index (χ1) is 9.56. The van der Waals surface area contributed by atoms with Crippen LogP contribution in [0.2, 0.25) is 0 Å². The van der Waals surface area contributed by atoms with Crippen molar-refractivity contribution < 1.29 is 14.6 Å². The van der Waals surface area contributed by atoms with E-state index in [1.807, 2.05) is 4.90 Å². The average Bonchev–Trinajstić information content (AvgIpc) is 2.30. The molecule has 0 aromatic rings. The Morgan fingerprint density at radius 3 is 2.45 bits per heavy atom. The Labute approximate surface area is 120 Å². The van der Waals surface area contributed by atoms with E-state index in [1.54, 1.807) is 7.11 Å². The molecule has 0 aromatic carbocycles. The smallest absolute Gasteiger partial charge is 0.223 e. The van der Waals surface area contributed by atoms with Gasteiger partial charge in [-0.25, -0.2) is 0 Å². The van der Waals surface area contributed by atoms with Crippen molar-refractivity contribution in [2.45, 2.75) is 50.2 Å². The maximum Gasteiger partial charge on any atom is 0.223 e. The molecule has 1 heterocycles. The molecule has 2 atom stereocenters. The van der Waals surface area contributed by atoms with Gasteiger partial charge in [0.25, 0.3) is 0 Å². The second kappa shape index (κ2) is 4.44. The molecule has 4 saturated carbocycles. The van der Waals surface area contributed by atoms with Crippen LogP contribution in [0, 0.1) is 23.7 Å². The predicted octanol–water partition coefficient (Wildman–Crippen LogP) is 1.42. The molecule has 5 rings (SSSR count). The molecular formula is C16H25NO3. The summed E-state index contributed by atoms with van der Waals surface area (Å²) in [6.07, 6.45) is 6.35. The summed E-state index contributed by atoms with van der Waals surface area (Å²) in [5.41, 5.74) is -0.381. The number of amides is 1. The van der Waals surface area contributed by atoms with Crippen molar-refractivity contribution in [3.63, 3.8) is 0 Å². The molecular weight excluding hydrogens is 254 g/mol. The fourth-order valence-electron chi connectivity index (χ4n) is 5.54. The maximum atomic E-state index is 12.4. The van der Waals surface area contributed by atoms with Crippen LogP contribution in [0.25, 0.3) is 0 Å².